The third-order valence-corrected chi connectivity index (χ3v) is 0.979. The zero-order valence-corrected chi connectivity index (χ0v) is 4.02. The number of rotatable bonds is 0. The average Bonchev–Trinajstić information content (AvgIpc) is 2.15. The average molecular weight is 105 g/mol. The van der Waals surface area contributed by atoms with Gasteiger partial charge in [0.1, 0.15) is 0 Å². The molecule has 0 atom stereocenters. The first-order valence-electron chi connectivity index (χ1n) is 2.25. The lowest BCUT2D eigenvalue weighted by atomic mass is 9.92. The van der Waals surface area contributed by atoms with E-state index in [1.54, 1.807) is 13.6 Å². The maximum atomic E-state index is 3.82. The van der Waals surface area contributed by atoms with Crippen LogP contribution in [0.3, 0.4) is 0 Å². The first-order chi connectivity index (χ1) is 3.97. The van der Waals surface area contributed by atoms with Gasteiger partial charge in [0.15, 0.2) is 0 Å². The molecule has 0 unspecified atom stereocenters. The summed E-state index contributed by atoms with van der Waals surface area (Å²) in [6.45, 7) is 0. The summed E-state index contributed by atoms with van der Waals surface area (Å²) in [6, 6.07) is 1.85. The number of hydrogen-bond acceptors (Lipinski definition) is 3. The molecule has 0 saturated carbocycles. The van der Waals surface area contributed by atoms with Crippen molar-refractivity contribution in [3.8, 4) is 0 Å². The summed E-state index contributed by atoms with van der Waals surface area (Å²) in [5.41, 5.74) is 0.935. The van der Waals surface area contributed by atoms with E-state index in [-0.39, 0.29) is 0 Å². The van der Waals surface area contributed by atoms with Gasteiger partial charge in [-0.2, -0.15) is 5.10 Å². The Hall–Kier alpha value is -1.13. The molecule has 8 heavy (non-hydrogen) atoms. The van der Waals surface area contributed by atoms with Gasteiger partial charge in [0.25, 0.3) is 0 Å². The predicted octanol–water partition coefficient (Wildman–Crippen LogP) is -0.643. The Labute approximate surface area is 46.5 Å². The van der Waals surface area contributed by atoms with Crippen LogP contribution in [0.25, 0.3) is 0 Å². The molecular formula is C3H2BN4. The monoisotopic (exact) mass is 105 g/mol. The van der Waals surface area contributed by atoms with E-state index in [2.05, 4.69) is 15.3 Å². The van der Waals surface area contributed by atoms with Crippen molar-refractivity contribution in [2.24, 2.45) is 10.2 Å². The molecule has 2 heterocycles. The molecule has 1 aromatic rings. The van der Waals surface area contributed by atoms with Crippen LogP contribution in [0, 0.1) is 0 Å². The maximum absolute atomic E-state index is 3.82. The summed E-state index contributed by atoms with van der Waals surface area (Å²) in [4.78, 5) is 1.47. The zero-order valence-electron chi connectivity index (χ0n) is 4.02. The number of aromatic nitrogens is 2. The Morgan fingerprint density at radius 1 is 1.62 bits per heavy atom. The van der Waals surface area contributed by atoms with E-state index in [1.165, 1.54) is 4.79 Å². The van der Waals surface area contributed by atoms with Crippen molar-refractivity contribution in [1.29, 1.82) is 0 Å². The van der Waals surface area contributed by atoms with Crippen molar-refractivity contribution < 1.29 is 0 Å². The van der Waals surface area contributed by atoms with Crippen LogP contribution in [-0.4, -0.2) is 17.3 Å². The number of hydrogen-bond donors (Lipinski definition) is 0. The molecule has 1 aromatic heterocycles. The molecule has 1 aliphatic heterocycles. The van der Waals surface area contributed by atoms with Crippen LogP contribution >= 0.6 is 0 Å². The minimum atomic E-state index is 0.935. The number of nitrogens with zero attached hydrogens (tertiary/aromatic N) is 4. The lowest BCUT2D eigenvalue weighted by molar-refractivity contribution is 0.735. The smallest absolute Gasteiger partial charge is 0.232 e. The van der Waals surface area contributed by atoms with Gasteiger partial charge in [-0.25, -0.2) is 5.03 Å². The van der Waals surface area contributed by atoms with Crippen LogP contribution in [0.15, 0.2) is 22.5 Å². The molecular weight excluding hydrogens is 103 g/mol. The SMILES string of the molecule is [B]1N=Nn2nccc21. The van der Waals surface area contributed by atoms with Crippen LogP contribution in [0.1, 0.15) is 0 Å². The molecule has 0 N–H and O–H groups in total. The molecule has 0 aliphatic carbocycles. The Kier molecular flexibility index (Phi) is 0.565. The molecule has 1 radical (unpaired) electrons. The largest absolute Gasteiger partial charge is 0.370 e. The normalized spacial score (nSPS) is 13.5. The highest BCUT2D eigenvalue weighted by atomic mass is 15.6. The first kappa shape index (κ1) is 3.83. The van der Waals surface area contributed by atoms with E-state index in [0.29, 0.717) is 0 Å². The molecule has 0 spiro atoms. The van der Waals surface area contributed by atoms with E-state index in [1.807, 2.05) is 6.07 Å². The molecule has 4 nitrogen and oxygen atoms in total. The van der Waals surface area contributed by atoms with Gasteiger partial charge in [-0.05, 0) is 6.07 Å². The fourth-order valence-electron chi connectivity index (χ4n) is 0.609. The fraction of sp³-hybridized carbons (Fsp3) is 0. The van der Waals surface area contributed by atoms with Gasteiger partial charge in [0, 0.05) is 0 Å². The van der Waals surface area contributed by atoms with Crippen LogP contribution in [0.2, 0.25) is 0 Å². The van der Waals surface area contributed by atoms with Crippen molar-refractivity contribution >= 4 is 13.0 Å². The predicted molar refractivity (Wildman–Crippen MR) is 27.9 cm³/mol. The molecule has 1 aliphatic rings. The Balaban J connectivity index is 2.67. The van der Waals surface area contributed by atoms with Crippen molar-refractivity contribution in [2.75, 3.05) is 0 Å². The van der Waals surface area contributed by atoms with Gasteiger partial charge in [-0.1, -0.05) is 5.22 Å². The molecule has 0 bridgehead atoms. The van der Waals surface area contributed by atoms with Gasteiger partial charge in [0.05, 0.1) is 11.8 Å². The van der Waals surface area contributed by atoms with Crippen LogP contribution < -0.4 is 5.59 Å². The van der Waals surface area contributed by atoms with Crippen LogP contribution in [0.5, 0.6) is 0 Å². The molecule has 0 fully saturated rings. The molecule has 37 valence electrons. The highest BCUT2D eigenvalue weighted by Gasteiger charge is 2.07. The second kappa shape index (κ2) is 1.18. The van der Waals surface area contributed by atoms with Crippen molar-refractivity contribution in [1.82, 2.24) is 9.89 Å². The summed E-state index contributed by atoms with van der Waals surface area (Å²) in [7, 11) is 1.66. The molecule has 0 saturated heterocycles. The highest BCUT2D eigenvalue weighted by molar-refractivity contribution is 6.50. The van der Waals surface area contributed by atoms with Gasteiger partial charge in [0.2, 0.25) is 0 Å². The Bertz CT molecular complexity index is 227. The minimum Gasteiger partial charge on any atom is -0.232 e. The maximum Gasteiger partial charge on any atom is 0.370 e. The Morgan fingerprint density at radius 2 is 2.62 bits per heavy atom. The van der Waals surface area contributed by atoms with E-state index < -0.39 is 0 Å². The number of fused-ring (bicyclic) bond motifs is 1. The topological polar surface area (TPSA) is 42.5 Å². The van der Waals surface area contributed by atoms with Gasteiger partial charge >= 0.3 is 7.41 Å². The molecule has 0 aromatic carbocycles. The lowest BCUT2D eigenvalue weighted by Crippen LogP contribution is -2.13. The summed E-state index contributed by atoms with van der Waals surface area (Å²) >= 11 is 0. The van der Waals surface area contributed by atoms with E-state index >= 15 is 0 Å². The standard InChI is InChI=1S/C3H2BN4/c1-2-5-8-3(1)4-6-7-8/h1-2H. The van der Waals surface area contributed by atoms with E-state index in [4.69, 9.17) is 0 Å². The Morgan fingerprint density at radius 3 is 3.50 bits per heavy atom. The van der Waals surface area contributed by atoms with E-state index in [9.17, 15) is 0 Å². The molecule has 0 amide bonds. The van der Waals surface area contributed by atoms with Gasteiger partial charge in [-0.15, -0.1) is 4.79 Å². The lowest BCUT2D eigenvalue weighted by Gasteiger charge is -1.80. The fourth-order valence-corrected chi connectivity index (χ4v) is 0.609. The third kappa shape index (κ3) is 0.331. The van der Waals surface area contributed by atoms with Crippen molar-refractivity contribution in [3.63, 3.8) is 0 Å². The summed E-state index contributed by atoms with van der Waals surface area (Å²) < 4.78 is 0. The van der Waals surface area contributed by atoms with Crippen molar-refractivity contribution in [2.45, 2.75) is 0 Å². The van der Waals surface area contributed by atoms with E-state index in [0.717, 1.165) is 5.59 Å². The summed E-state index contributed by atoms with van der Waals surface area (Å²) in [6.07, 6.45) is 1.68. The first-order valence-corrected chi connectivity index (χ1v) is 2.25. The second-order valence-electron chi connectivity index (χ2n) is 1.48. The highest BCUT2D eigenvalue weighted by Crippen LogP contribution is 1.88. The third-order valence-electron chi connectivity index (χ3n) is 0.979. The van der Waals surface area contributed by atoms with Gasteiger partial charge < -0.3 is 0 Å². The summed E-state index contributed by atoms with van der Waals surface area (Å²) in [5, 5.41) is 11.1. The van der Waals surface area contributed by atoms with Crippen LogP contribution in [0.4, 0.5) is 0 Å². The van der Waals surface area contributed by atoms with Crippen LogP contribution in [-0.2, 0) is 0 Å². The minimum absolute atomic E-state index is 0.935. The molecule has 5 heteroatoms. The van der Waals surface area contributed by atoms with Crippen molar-refractivity contribution in [3.05, 3.63) is 12.3 Å². The zero-order chi connectivity index (χ0) is 5.40. The summed E-state index contributed by atoms with van der Waals surface area (Å²) in [5.74, 6) is 0. The second-order valence-corrected chi connectivity index (χ2v) is 1.48. The molecule has 2 rings (SSSR count). The van der Waals surface area contributed by atoms with Gasteiger partial charge in [-0.3, -0.25) is 0 Å². The quantitative estimate of drug-likeness (QED) is 0.404.